The molecule has 0 radical (unpaired) electrons. The summed E-state index contributed by atoms with van der Waals surface area (Å²) in [5.41, 5.74) is 0.220. The lowest BCUT2D eigenvalue weighted by molar-refractivity contribution is -0.127. The van der Waals surface area contributed by atoms with Crippen LogP contribution in [0, 0.1) is 0 Å². The Balaban J connectivity index is 1.90. The van der Waals surface area contributed by atoms with Gasteiger partial charge in [0.1, 0.15) is 5.54 Å². The summed E-state index contributed by atoms with van der Waals surface area (Å²) in [6, 6.07) is 9.76. The van der Waals surface area contributed by atoms with Crippen molar-refractivity contribution in [3.05, 3.63) is 35.9 Å². The van der Waals surface area contributed by atoms with Crippen LogP contribution in [0.1, 0.15) is 51.0 Å². The lowest BCUT2D eigenvalue weighted by Crippen LogP contribution is -2.57. The summed E-state index contributed by atoms with van der Waals surface area (Å²) in [5.74, 6) is -0.119. The molecule has 126 valence electrons. The van der Waals surface area contributed by atoms with Crippen LogP contribution >= 0.6 is 0 Å². The maximum Gasteiger partial charge on any atom is 0.407 e. The van der Waals surface area contributed by atoms with Crippen LogP contribution in [0.25, 0.3) is 0 Å². The smallest absolute Gasteiger partial charge is 0.407 e. The average molecular weight is 318 g/mol. The SMILES string of the molecule is CCCCOC(=O)NC1(C(=O)NCc2ccccc2)CCCC1. The van der Waals surface area contributed by atoms with E-state index in [1.54, 1.807) is 0 Å². The van der Waals surface area contributed by atoms with E-state index in [4.69, 9.17) is 4.74 Å². The normalized spacial score (nSPS) is 15.9. The third-order valence-electron chi connectivity index (χ3n) is 4.26. The van der Waals surface area contributed by atoms with E-state index in [1.807, 2.05) is 37.3 Å². The number of unbranched alkanes of at least 4 members (excludes halogenated alkanes) is 1. The van der Waals surface area contributed by atoms with Crippen LogP contribution < -0.4 is 10.6 Å². The molecule has 5 heteroatoms. The zero-order valence-corrected chi connectivity index (χ0v) is 13.8. The van der Waals surface area contributed by atoms with Crippen molar-refractivity contribution in [2.75, 3.05) is 6.61 Å². The molecule has 1 aliphatic rings. The van der Waals surface area contributed by atoms with Gasteiger partial charge in [-0.3, -0.25) is 4.79 Å². The van der Waals surface area contributed by atoms with E-state index < -0.39 is 11.6 Å². The minimum atomic E-state index is -0.821. The number of ether oxygens (including phenoxy) is 1. The molecule has 5 nitrogen and oxygen atoms in total. The molecule has 0 unspecified atom stereocenters. The molecule has 0 aromatic heterocycles. The molecule has 0 heterocycles. The molecular formula is C18H26N2O3. The number of hydrogen-bond donors (Lipinski definition) is 2. The van der Waals surface area contributed by atoms with Gasteiger partial charge >= 0.3 is 6.09 Å². The van der Waals surface area contributed by atoms with Gasteiger partial charge in [-0.05, 0) is 24.8 Å². The molecule has 0 spiro atoms. The van der Waals surface area contributed by atoms with E-state index >= 15 is 0 Å². The summed E-state index contributed by atoms with van der Waals surface area (Å²) in [6.45, 7) is 2.90. The highest BCUT2D eigenvalue weighted by Crippen LogP contribution is 2.30. The summed E-state index contributed by atoms with van der Waals surface area (Å²) in [5, 5.41) is 5.76. The number of hydrogen-bond acceptors (Lipinski definition) is 3. The Hall–Kier alpha value is -2.04. The minimum absolute atomic E-state index is 0.119. The summed E-state index contributed by atoms with van der Waals surface area (Å²) < 4.78 is 5.15. The van der Waals surface area contributed by atoms with Crippen LogP contribution in [0.15, 0.2) is 30.3 Å². The minimum Gasteiger partial charge on any atom is -0.450 e. The van der Waals surface area contributed by atoms with Crippen molar-refractivity contribution >= 4 is 12.0 Å². The van der Waals surface area contributed by atoms with Crippen molar-refractivity contribution in [3.8, 4) is 0 Å². The summed E-state index contributed by atoms with van der Waals surface area (Å²) in [7, 11) is 0. The Morgan fingerprint density at radius 3 is 2.52 bits per heavy atom. The molecule has 1 aromatic carbocycles. The van der Waals surface area contributed by atoms with Crippen LogP contribution in [0.2, 0.25) is 0 Å². The standard InChI is InChI=1S/C18H26N2O3/c1-2-3-13-23-17(22)20-18(11-7-8-12-18)16(21)19-14-15-9-5-4-6-10-15/h4-6,9-10H,2-3,7-8,11-14H2,1H3,(H,19,21)(H,20,22). The van der Waals surface area contributed by atoms with Gasteiger partial charge in [-0.2, -0.15) is 0 Å². The highest BCUT2D eigenvalue weighted by Gasteiger charge is 2.42. The number of rotatable bonds is 7. The molecule has 23 heavy (non-hydrogen) atoms. The van der Waals surface area contributed by atoms with Crippen molar-refractivity contribution in [1.29, 1.82) is 0 Å². The second-order valence-corrected chi connectivity index (χ2v) is 6.07. The topological polar surface area (TPSA) is 67.4 Å². The maximum atomic E-state index is 12.6. The molecule has 0 aliphatic heterocycles. The fourth-order valence-electron chi connectivity index (χ4n) is 2.88. The largest absolute Gasteiger partial charge is 0.450 e. The highest BCUT2D eigenvalue weighted by molar-refractivity contribution is 5.90. The molecule has 2 rings (SSSR count). The van der Waals surface area contributed by atoms with Gasteiger partial charge < -0.3 is 15.4 Å². The monoisotopic (exact) mass is 318 g/mol. The number of carbonyl (C=O) groups excluding carboxylic acids is 2. The molecule has 1 fully saturated rings. The second-order valence-electron chi connectivity index (χ2n) is 6.07. The predicted molar refractivity (Wildman–Crippen MR) is 88.9 cm³/mol. The van der Waals surface area contributed by atoms with Gasteiger partial charge in [-0.25, -0.2) is 4.79 Å². The third-order valence-corrected chi connectivity index (χ3v) is 4.26. The lowest BCUT2D eigenvalue weighted by Gasteiger charge is -2.28. The van der Waals surface area contributed by atoms with Crippen LogP contribution in [0.3, 0.4) is 0 Å². The molecule has 0 atom stereocenters. The maximum absolute atomic E-state index is 12.6. The molecule has 0 bridgehead atoms. The molecule has 1 saturated carbocycles. The van der Waals surface area contributed by atoms with Gasteiger partial charge in [0.05, 0.1) is 6.61 Å². The Kier molecular flexibility index (Phi) is 6.44. The first-order valence-corrected chi connectivity index (χ1v) is 8.43. The van der Waals surface area contributed by atoms with E-state index in [9.17, 15) is 9.59 Å². The van der Waals surface area contributed by atoms with E-state index in [1.165, 1.54) is 0 Å². The van der Waals surface area contributed by atoms with E-state index in [-0.39, 0.29) is 5.91 Å². The molecule has 1 aliphatic carbocycles. The number of benzene rings is 1. The van der Waals surface area contributed by atoms with Crippen LogP contribution in [-0.2, 0) is 16.1 Å². The Labute approximate surface area is 137 Å². The predicted octanol–water partition coefficient (Wildman–Crippen LogP) is 3.14. The van der Waals surface area contributed by atoms with Crippen molar-refractivity contribution in [1.82, 2.24) is 10.6 Å². The molecule has 2 N–H and O–H groups in total. The van der Waals surface area contributed by atoms with Crippen molar-refractivity contribution in [2.24, 2.45) is 0 Å². The second kappa shape index (κ2) is 8.56. The number of alkyl carbamates (subject to hydrolysis) is 1. The molecule has 2 amide bonds. The Morgan fingerprint density at radius 2 is 1.87 bits per heavy atom. The fraction of sp³-hybridized carbons (Fsp3) is 0.556. The first-order valence-electron chi connectivity index (χ1n) is 8.43. The first-order chi connectivity index (χ1) is 11.2. The highest BCUT2D eigenvalue weighted by atomic mass is 16.5. The first kappa shape index (κ1) is 17.3. The Bertz CT molecular complexity index is 510. The van der Waals surface area contributed by atoms with Gasteiger partial charge in [0.15, 0.2) is 0 Å². The fourth-order valence-corrected chi connectivity index (χ4v) is 2.88. The molecule has 0 saturated heterocycles. The zero-order chi connectivity index (χ0) is 16.5. The van der Waals surface area contributed by atoms with Crippen molar-refractivity contribution in [2.45, 2.75) is 57.5 Å². The number of nitrogens with one attached hydrogen (secondary N) is 2. The van der Waals surface area contributed by atoms with Gasteiger partial charge in [-0.15, -0.1) is 0 Å². The van der Waals surface area contributed by atoms with Gasteiger partial charge in [0.2, 0.25) is 5.91 Å². The lowest BCUT2D eigenvalue weighted by atomic mass is 9.96. The van der Waals surface area contributed by atoms with E-state index in [0.29, 0.717) is 26.0 Å². The zero-order valence-electron chi connectivity index (χ0n) is 13.8. The average Bonchev–Trinajstić information content (AvgIpc) is 3.03. The van der Waals surface area contributed by atoms with Crippen LogP contribution in [0.4, 0.5) is 4.79 Å². The van der Waals surface area contributed by atoms with Gasteiger partial charge in [0, 0.05) is 6.54 Å². The van der Waals surface area contributed by atoms with Crippen LogP contribution in [-0.4, -0.2) is 24.1 Å². The van der Waals surface area contributed by atoms with E-state index in [0.717, 1.165) is 31.2 Å². The van der Waals surface area contributed by atoms with Gasteiger partial charge in [0.25, 0.3) is 0 Å². The quantitative estimate of drug-likeness (QED) is 0.759. The van der Waals surface area contributed by atoms with E-state index in [2.05, 4.69) is 10.6 Å². The van der Waals surface area contributed by atoms with Crippen molar-refractivity contribution < 1.29 is 14.3 Å². The molecular weight excluding hydrogens is 292 g/mol. The summed E-state index contributed by atoms with van der Waals surface area (Å²) in [6.07, 6.45) is 4.52. The summed E-state index contributed by atoms with van der Waals surface area (Å²) in [4.78, 5) is 24.6. The van der Waals surface area contributed by atoms with Crippen molar-refractivity contribution in [3.63, 3.8) is 0 Å². The number of amides is 2. The van der Waals surface area contributed by atoms with Crippen LogP contribution in [0.5, 0.6) is 0 Å². The number of carbonyl (C=O) groups is 2. The van der Waals surface area contributed by atoms with Gasteiger partial charge in [-0.1, -0.05) is 56.5 Å². The Morgan fingerprint density at radius 1 is 1.17 bits per heavy atom. The third kappa shape index (κ3) is 4.98. The summed E-state index contributed by atoms with van der Waals surface area (Å²) >= 11 is 0. The molecule has 1 aromatic rings.